The van der Waals surface area contributed by atoms with Crippen molar-refractivity contribution >= 4 is 32.8 Å². The Morgan fingerprint density at radius 2 is 1.57 bits per heavy atom. The summed E-state index contributed by atoms with van der Waals surface area (Å²) in [4.78, 5) is 34.3. The van der Waals surface area contributed by atoms with Crippen LogP contribution in [0.3, 0.4) is 0 Å². The van der Waals surface area contributed by atoms with Crippen molar-refractivity contribution in [2.24, 2.45) is 0 Å². The lowest BCUT2D eigenvalue weighted by Gasteiger charge is -2.25. The first-order valence-electron chi connectivity index (χ1n) is 7.19. The summed E-state index contributed by atoms with van der Waals surface area (Å²) in [6, 6.07) is 9.57. The molecule has 0 aliphatic rings. The second-order valence-electron chi connectivity index (χ2n) is 4.72. The average Bonchev–Trinajstić information content (AvgIpc) is 2.46. The van der Waals surface area contributed by atoms with Crippen LogP contribution >= 0.6 is 0 Å². The highest BCUT2D eigenvalue weighted by atomic mass is 28.4. The third-order valence-electron chi connectivity index (χ3n) is 2.70. The van der Waals surface area contributed by atoms with E-state index in [0.29, 0.717) is 0 Å². The summed E-state index contributed by atoms with van der Waals surface area (Å²) in [6.07, 6.45) is 3.38. The van der Waals surface area contributed by atoms with Crippen molar-refractivity contribution in [1.29, 1.82) is 0 Å². The van der Waals surface area contributed by atoms with E-state index in [1.54, 1.807) is 19.1 Å². The molecule has 23 heavy (non-hydrogen) atoms. The molecule has 0 spiro atoms. The zero-order valence-corrected chi connectivity index (χ0v) is 14.4. The highest BCUT2D eigenvalue weighted by molar-refractivity contribution is 6.65. The molecule has 7 heteroatoms. The first-order chi connectivity index (χ1) is 10.9. The van der Waals surface area contributed by atoms with Gasteiger partial charge in [-0.2, -0.15) is 0 Å². The molecule has 1 rings (SSSR count). The standard InChI is InChI=1S/C16H20O6Si/c1-4-23(20-13(2)17,21-14(3)18)22-16(19)12-8-11-15-9-6-5-7-10-15/h5-11H,4,12H2,1-3H3. The SMILES string of the molecule is CC[Si](OC(C)=O)(OC(C)=O)OC(=O)CC=Cc1ccccc1. The maximum absolute atomic E-state index is 11.9. The van der Waals surface area contributed by atoms with Crippen LogP contribution in [0.15, 0.2) is 36.4 Å². The number of carbonyl (C=O) groups excluding carboxylic acids is 3. The van der Waals surface area contributed by atoms with Crippen molar-refractivity contribution in [3.05, 3.63) is 42.0 Å². The van der Waals surface area contributed by atoms with Gasteiger partial charge in [0.1, 0.15) is 0 Å². The van der Waals surface area contributed by atoms with Crippen LogP contribution in [0.25, 0.3) is 6.08 Å². The monoisotopic (exact) mass is 336 g/mol. The number of carbonyl (C=O) groups is 3. The molecule has 124 valence electrons. The van der Waals surface area contributed by atoms with Crippen LogP contribution in [-0.4, -0.2) is 26.7 Å². The molecule has 1 aromatic carbocycles. The van der Waals surface area contributed by atoms with E-state index in [1.165, 1.54) is 13.8 Å². The van der Waals surface area contributed by atoms with Crippen molar-refractivity contribution in [2.45, 2.75) is 33.2 Å². The minimum atomic E-state index is -3.67. The van der Waals surface area contributed by atoms with E-state index >= 15 is 0 Å². The molecule has 6 nitrogen and oxygen atoms in total. The summed E-state index contributed by atoms with van der Waals surface area (Å²) >= 11 is 0. The highest BCUT2D eigenvalue weighted by Gasteiger charge is 2.50. The third-order valence-corrected chi connectivity index (χ3v) is 5.30. The Kier molecular flexibility index (Phi) is 7.20. The van der Waals surface area contributed by atoms with Crippen LogP contribution < -0.4 is 0 Å². The molecule has 0 heterocycles. The quantitative estimate of drug-likeness (QED) is 0.712. The van der Waals surface area contributed by atoms with Gasteiger partial charge in [0.25, 0.3) is 11.9 Å². The lowest BCUT2D eigenvalue weighted by atomic mass is 10.2. The van der Waals surface area contributed by atoms with Gasteiger partial charge in [0.05, 0.1) is 12.5 Å². The van der Waals surface area contributed by atoms with Gasteiger partial charge in [-0.1, -0.05) is 49.4 Å². The molecule has 0 bridgehead atoms. The van der Waals surface area contributed by atoms with E-state index in [4.69, 9.17) is 13.3 Å². The zero-order valence-electron chi connectivity index (χ0n) is 13.4. The van der Waals surface area contributed by atoms with Gasteiger partial charge < -0.3 is 13.3 Å². The topological polar surface area (TPSA) is 78.9 Å². The number of hydrogen-bond donors (Lipinski definition) is 0. The van der Waals surface area contributed by atoms with Crippen LogP contribution in [0.4, 0.5) is 0 Å². The lowest BCUT2D eigenvalue weighted by molar-refractivity contribution is -0.148. The van der Waals surface area contributed by atoms with Gasteiger partial charge in [-0.15, -0.1) is 0 Å². The van der Waals surface area contributed by atoms with Gasteiger partial charge in [0.2, 0.25) is 0 Å². The average molecular weight is 336 g/mol. The molecule has 0 N–H and O–H groups in total. The fourth-order valence-corrected chi connectivity index (χ4v) is 3.65. The van der Waals surface area contributed by atoms with E-state index in [9.17, 15) is 14.4 Å². The normalized spacial score (nSPS) is 11.1. The number of benzene rings is 1. The van der Waals surface area contributed by atoms with Crippen LogP contribution in [-0.2, 0) is 27.7 Å². The lowest BCUT2D eigenvalue weighted by Crippen LogP contribution is -2.49. The van der Waals surface area contributed by atoms with Crippen molar-refractivity contribution in [3.8, 4) is 0 Å². The fraction of sp³-hybridized carbons (Fsp3) is 0.312. The summed E-state index contributed by atoms with van der Waals surface area (Å²) in [5.74, 6) is -1.94. The Morgan fingerprint density at radius 3 is 2.04 bits per heavy atom. The van der Waals surface area contributed by atoms with Crippen molar-refractivity contribution in [3.63, 3.8) is 0 Å². The predicted octanol–water partition coefficient (Wildman–Crippen LogP) is 2.72. The Morgan fingerprint density at radius 1 is 1.00 bits per heavy atom. The molecule has 0 unspecified atom stereocenters. The highest BCUT2D eigenvalue weighted by Crippen LogP contribution is 2.17. The van der Waals surface area contributed by atoms with Gasteiger partial charge in [-0.05, 0) is 5.56 Å². The minimum absolute atomic E-state index is 0.0217. The minimum Gasteiger partial charge on any atom is -0.455 e. The predicted molar refractivity (Wildman–Crippen MR) is 86.0 cm³/mol. The van der Waals surface area contributed by atoms with E-state index < -0.39 is 26.7 Å². The van der Waals surface area contributed by atoms with Gasteiger partial charge in [-0.25, -0.2) is 0 Å². The molecule has 0 saturated carbocycles. The van der Waals surface area contributed by atoms with E-state index in [2.05, 4.69) is 0 Å². The first-order valence-corrected chi connectivity index (χ1v) is 9.12. The van der Waals surface area contributed by atoms with Crippen molar-refractivity contribution in [1.82, 2.24) is 0 Å². The first kappa shape index (κ1) is 18.6. The fourth-order valence-electron chi connectivity index (χ4n) is 1.79. The summed E-state index contributed by atoms with van der Waals surface area (Å²) in [5.41, 5.74) is 0.944. The van der Waals surface area contributed by atoms with Crippen LogP contribution in [0.1, 0.15) is 32.8 Å². The summed E-state index contributed by atoms with van der Waals surface area (Å²) in [5, 5.41) is 0. The number of hydrogen-bond acceptors (Lipinski definition) is 6. The molecule has 0 aromatic heterocycles. The molecule has 0 aliphatic carbocycles. The molecule has 0 amide bonds. The summed E-state index contributed by atoms with van der Waals surface area (Å²) < 4.78 is 15.3. The second-order valence-corrected chi connectivity index (χ2v) is 7.40. The second kappa shape index (κ2) is 8.89. The molecule has 0 atom stereocenters. The van der Waals surface area contributed by atoms with Gasteiger partial charge in [0.15, 0.2) is 0 Å². The third kappa shape index (κ3) is 6.92. The Bertz CT molecular complexity index is 565. The molecule has 0 aliphatic heterocycles. The van der Waals surface area contributed by atoms with Crippen LogP contribution in [0.2, 0.25) is 6.04 Å². The Labute approximate surface area is 136 Å². The Hall–Kier alpha value is -2.41. The molecule has 0 saturated heterocycles. The Balaban J connectivity index is 2.70. The molecular formula is C16H20O6Si. The van der Waals surface area contributed by atoms with Gasteiger partial charge in [-0.3, -0.25) is 14.4 Å². The van der Waals surface area contributed by atoms with Crippen LogP contribution in [0, 0.1) is 0 Å². The largest absolute Gasteiger partial charge is 0.704 e. The number of rotatable bonds is 7. The molecule has 0 radical (unpaired) electrons. The molecule has 1 aromatic rings. The maximum atomic E-state index is 11.9. The van der Waals surface area contributed by atoms with E-state index in [0.717, 1.165) is 5.56 Å². The zero-order chi connectivity index (χ0) is 17.3. The van der Waals surface area contributed by atoms with Crippen molar-refractivity contribution in [2.75, 3.05) is 0 Å². The summed E-state index contributed by atoms with van der Waals surface area (Å²) in [6.45, 7) is 3.97. The molecule has 0 fully saturated rings. The van der Waals surface area contributed by atoms with Gasteiger partial charge >= 0.3 is 14.8 Å². The molecular weight excluding hydrogens is 316 g/mol. The van der Waals surface area contributed by atoms with Crippen LogP contribution in [0.5, 0.6) is 0 Å². The van der Waals surface area contributed by atoms with Gasteiger partial charge in [0, 0.05) is 13.8 Å². The smallest absolute Gasteiger partial charge is 0.455 e. The van der Waals surface area contributed by atoms with Crippen molar-refractivity contribution < 1.29 is 27.7 Å². The summed E-state index contributed by atoms with van der Waals surface area (Å²) in [7, 11) is -3.67. The van der Waals surface area contributed by atoms with E-state index in [1.807, 2.05) is 30.3 Å². The van der Waals surface area contributed by atoms with E-state index in [-0.39, 0.29) is 12.5 Å². The maximum Gasteiger partial charge on any atom is 0.704 e.